The van der Waals surface area contributed by atoms with Crippen molar-refractivity contribution in [3.63, 3.8) is 0 Å². The largest absolute Gasteiger partial charge is 0.444 e. The van der Waals surface area contributed by atoms with Crippen molar-refractivity contribution in [1.29, 1.82) is 0 Å². The van der Waals surface area contributed by atoms with E-state index in [9.17, 15) is 14.4 Å². The Morgan fingerprint density at radius 1 is 1.36 bits per heavy atom. The molecule has 0 saturated carbocycles. The summed E-state index contributed by atoms with van der Waals surface area (Å²) in [5.74, 6) is -0.245. The molecule has 9 heteroatoms. The second kappa shape index (κ2) is 6.35. The van der Waals surface area contributed by atoms with Crippen LogP contribution < -0.4 is 5.56 Å². The van der Waals surface area contributed by atoms with Crippen LogP contribution in [-0.2, 0) is 17.7 Å². The lowest BCUT2D eigenvalue weighted by Gasteiger charge is -2.26. The maximum Gasteiger partial charge on any atom is 0.410 e. The van der Waals surface area contributed by atoms with E-state index < -0.39 is 5.60 Å². The third kappa shape index (κ3) is 3.04. The van der Waals surface area contributed by atoms with E-state index in [4.69, 9.17) is 4.74 Å². The van der Waals surface area contributed by atoms with Crippen molar-refractivity contribution < 1.29 is 14.3 Å². The lowest BCUT2D eigenvalue weighted by atomic mass is 10.2. The van der Waals surface area contributed by atoms with Gasteiger partial charge in [-0.15, -0.1) is 0 Å². The van der Waals surface area contributed by atoms with Gasteiger partial charge in [-0.3, -0.25) is 14.7 Å². The zero-order chi connectivity index (χ0) is 20.2. The Balaban J connectivity index is 1.55. The van der Waals surface area contributed by atoms with Crippen LogP contribution in [0.4, 0.5) is 4.79 Å². The van der Waals surface area contributed by atoms with E-state index in [1.54, 1.807) is 15.9 Å². The predicted octanol–water partition coefficient (Wildman–Crippen LogP) is 1.55. The number of carbonyl (C=O) groups excluding carboxylic acids is 2. The first kappa shape index (κ1) is 18.5. The average Bonchev–Trinajstić information content (AvgIpc) is 3.31. The van der Waals surface area contributed by atoms with E-state index in [0.717, 1.165) is 12.1 Å². The van der Waals surface area contributed by atoms with Crippen LogP contribution in [0.1, 0.15) is 55.9 Å². The summed E-state index contributed by atoms with van der Waals surface area (Å²) >= 11 is 0. The highest BCUT2D eigenvalue weighted by molar-refractivity contribution is 5.97. The number of carbonyl (C=O) groups is 2. The molecule has 2 aromatic rings. The number of nitrogens with zero attached hydrogens (tertiary/aromatic N) is 4. The Morgan fingerprint density at radius 2 is 2.11 bits per heavy atom. The monoisotopic (exact) mass is 387 g/mol. The number of hydrogen-bond donors (Lipinski definition) is 1. The third-order valence-corrected chi connectivity index (χ3v) is 5.19. The van der Waals surface area contributed by atoms with Crippen LogP contribution in [0.2, 0.25) is 0 Å². The van der Waals surface area contributed by atoms with Crippen molar-refractivity contribution in [2.75, 3.05) is 13.1 Å². The fourth-order valence-electron chi connectivity index (χ4n) is 3.77. The van der Waals surface area contributed by atoms with Gasteiger partial charge in [-0.25, -0.2) is 14.3 Å². The highest BCUT2D eigenvalue weighted by Crippen LogP contribution is 2.26. The summed E-state index contributed by atoms with van der Waals surface area (Å²) in [4.78, 5) is 45.7. The van der Waals surface area contributed by atoms with Crippen molar-refractivity contribution in [3.8, 4) is 0 Å². The zero-order valence-corrected chi connectivity index (χ0v) is 16.6. The molecule has 1 atom stereocenters. The Labute approximate surface area is 162 Å². The van der Waals surface area contributed by atoms with E-state index in [0.29, 0.717) is 30.7 Å². The molecule has 1 N–H and O–H groups in total. The van der Waals surface area contributed by atoms with Crippen LogP contribution in [0.3, 0.4) is 0 Å². The standard InChI is InChI=1S/C19H25N5O4/c1-5-11-8-14-20-15-13(16(25)24(14)21-11)10-23(17(15)26)12-6-7-22(9-12)18(27)28-19(2,3)4/h8,12,21H,5-7,9-10H2,1-4H3. The van der Waals surface area contributed by atoms with Crippen molar-refractivity contribution in [2.24, 2.45) is 0 Å². The minimum absolute atomic E-state index is 0.150. The van der Waals surface area contributed by atoms with Crippen molar-refractivity contribution in [2.45, 2.75) is 58.7 Å². The summed E-state index contributed by atoms with van der Waals surface area (Å²) in [5.41, 5.74) is 1.17. The minimum Gasteiger partial charge on any atom is -0.444 e. The van der Waals surface area contributed by atoms with E-state index in [-0.39, 0.29) is 35.8 Å². The van der Waals surface area contributed by atoms with Gasteiger partial charge in [-0.05, 0) is 33.6 Å². The molecule has 1 unspecified atom stereocenters. The maximum absolute atomic E-state index is 12.9. The number of aryl methyl sites for hydroxylation is 1. The van der Waals surface area contributed by atoms with E-state index in [1.807, 2.05) is 27.7 Å². The molecule has 0 aliphatic carbocycles. The van der Waals surface area contributed by atoms with Crippen LogP contribution in [-0.4, -0.2) is 61.1 Å². The molecule has 0 spiro atoms. The molecule has 150 valence electrons. The van der Waals surface area contributed by atoms with Gasteiger partial charge in [0.05, 0.1) is 18.2 Å². The van der Waals surface area contributed by atoms with Crippen LogP contribution in [0, 0.1) is 0 Å². The van der Waals surface area contributed by atoms with Crippen molar-refractivity contribution in [1.82, 2.24) is 24.4 Å². The van der Waals surface area contributed by atoms with Gasteiger partial charge < -0.3 is 14.5 Å². The molecule has 4 heterocycles. The number of aromatic amines is 1. The summed E-state index contributed by atoms with van der Waals surface area (Å²) < 4.78 is 6.82. The van der Waals surface area contributed by atoms with E-state index in [2.05, 4.69) is 10.1 Å². The second-order valence-electron chi connectivity index (χ2n) is 8.37. The topological polar surface area (TPSA) is 100 Å². The van der Waals surface area contributed by atoms with Crippen LogP contribution in [0.15, 0.2) is 10.9 Å². The lowest BCUT2D eigenvalue weighted by Crippen LogP contribution is -2.40. The van der Waals surface area contributed by atoms with Crippen LogP contribution in [0.5, 0.6) is 0 Å². The molecule has 2 amide bonds. The highest BCUT2D eigenvalue weighted by Gasteiger charge is 2.41. The first-order chi connectivity index (χ1) is 13.2. The number of aromatic nitrogens is 3. The molecule has 2 aliphatic heterocycles. The van der Waals surface area contributed by atoms with Crippen LogP contribution >= 0.6 is 0 Å². The molecule has 2 aliphatic rings. The smallest absolute Gasteiger partial charge is 0.410 e. The Morgan fingerprint density at radius 3 is 2.79 bits per heavy atom. The average molecular weight is 387 g/mol. The van der Waals surface area contributed by atoms with Gasteiger partial charge >= 0.3 is 6.09 Å². The van der Waals surface area contributed by atoms with Gasteiger partial charge in [0.25, 0.3) is 11.5 Å². The third-order valence-electron chi connectivity index (χ3n) is 5.19. The first-order valence-electron chi connectivity index (χ1n) is 9.60. The number of likely N-dealkylation sites (tertiary alicyclic amines) is 1. The number of rotatable bonds is 2. The number of fused-ring (bicyclic) bond motifs is 2. The SMILES string of the molecule is CCc1cc2nc3c(c(=O)n2[nH]1)CN(C1CCN(C(=O)OC(C)(C)C)C1)C3=O. The molecular formula is C19H25N5O4. The predicted molar refractivity (Wildman–Crippen MR) is 101 cm³/mol. The molecule has 4 rings (SSSR count). The molecule has 9 nitrogen and oxygen atoms in total. The maximum atomic E-state index is 12.9. The molecule has 2 aromatic heterocycles. The van der Waals surface area contributed by atoms with Gasteiger partial charge in [0.1, 0.15) is 11.3 Å². The quantitative estimate of drug-likeness (QED) is 0.843. The van der Waals surface area contributed by atoms with Gasteiger partial charge in [-0.1, -0.05) is 6.92 Å². The summed E-state index contributed by atoms with van der Waals surface area (Å²) in [6, 6.07) is 1.64. The number of H-pyrrole nitrogens is 1. The fraction of sp³-hybridized carbons (Fsp3) is 0.579. The molecular weight excluding hydrogens is 362 g/mol. The Hall–Kier alpha value is -2.84. The molecule has 1 saturated heterocycles. The minimum atomic E-state index is -0.564. The van der Waals surface area contributed by atoms with Gasteiger partial charge in [0.15, 0.2) is 5.65 Å². The number of ether oxygens (including phenoxy) is 1. The van der Waals surface area contributed by atoms with Crippen LogP contribution in [0.25, 0.3) is 5.65 Å². The van der Waals surface area contributed by atoms with Gasteiger partial charge in [-0.2, -0.15) is 0 Å². The fourth-order valence-corrected chi connectivity index (χ4v) is 3.77. The number of nitrogens with one attached hydrogen (secondary N) is 1. The Kier molecular flexibility index (Phi) is 4.20. The zero-order valence-electron chi connectivity index (χ0n) is 16.6. The summed E-state index contributed by atoms with van der Waals surface area (Å²) in [5, 5.41) is 3.03. The molecule has 0 radical (unpaired) electrons. The molecule has 1 fully saturated rings. The molecule has 0 aromatic carbocycles. The van der Waals surface area contributed by atoms with E-state index in [1.165, 1.54) is 4.52 Å². The second-order valence-corrected chi connectivity index (χ2v) is 8.37. The number of amides is 2. The molecule has 0 bridgehead atoms. The number of hydrogen-bond acceptors (Lipinski definition) is 5. The van der Waals surface area contributed by atoms with E-state index >= 15 is 0 Å². The summed E-state index contributed by atoms with van der Waals surface area (Å²) in [6.07, 6.45) is 1.02. The van der Waals surface area contributed by atoms with Crippen molar-refractivity contribution in [3.05, 3.63) is 33.4 Å². The lowest BCUT2D eigenvalue weighted by molar-refractivity contribution is 0.0276. The normalized spacial score (nSPS) is 19.6. The van der Waals surface area contributed by atoms with Gasteiger partial charge in [0.2, 0.25) is 0 Å². The summed E-state index contributed by atoms with van der Waals surface area (Å²) in [7, 11) is 0. The van der Waals surface area contributed by atoms with Gasteiger partial charge in [0, 0.05) is 24.8 Å². The first-order valence-corrected chi connectivity index (χ1v) is 9.60. The van der Waals surface area contributed by atoms with Crippen molar-refractivity contribution >= 4 is 17.6 Å². The summed E-state index contributed by atoms with van der Waals surface area (Å²) in [6.45, 7) is 8.58. The highest BCUT2D eigenvalue weighted by atomic mass is 16.6. The molecule has 28 heavy (non-hydrogen) atoms. The Bertz CT molecular complexity index is 1020.